The molecule has 1 aliphatic carbocycles. The number of rotatable bonds is 3. The van der Waals surface area contributed by atoms with Gasteiger partial charge in [0.05, 0.1) is 5.25 Å². The number of carbonyl (C=O) groups is 2. The molecule has 5 heteroatoms. The molecule has 3 rings (SSSR count). The van der Waals surface area contributed by atoms with Gasteiger partial charge in [-0.25, -0.2) is 0 Å². The first-order valence-corrected chi connectivity index (χ1v) is 7.91. The number of likely N-dealkylation sites (tertiary alicyclic amines) is 1. The smallest absolute Gasteiger partial charge is 0.243 e. The number of benzene rings is 1. The average Bonchev–Trinajstić information content (AvgIpc) is 3.02. The molecule has 1 heterocycles. The second-order valence-corrected chi connectivity index (χ2v) is 6.70. The van der Waals surface area contributed by atoms with E-state index >= 15 is 0 Å². The Balaban J connectivity index is 1.70. The van der Waals surface area contributed by atoms with Crippen LogP contribution < -0.4 is 5.73 Å². The summed E-state index contributed by atoms with van der Waals surface area (Å²) in [5.74, 6) is -0.0152. The lowest BCUT2D eigenvalue weighted by atomic mass is 10.2. The Kier molecular flexibility index (Phi) is 3.70. The second-order valence-electron chi connectivity index (χ2n) is 5.42. The molecule has 1 saturated heterocycles. The van der Waals surface area contributed by atoms with Crippen LogP contribution in [-0.2, 0) is 9.59 Å². The van der Waals surface area contributed by atoms with Gasteiger partial charge in [0, 0.05) is 23.0 Å². The van der Waals surface area contributed by atoms with Gasteiger partial charge < -0.3 is 5.73 Å². The van der Waals surface area contributed by atoms with E-state index in [0.717, 1.165) is 30.6 Å². The molecule has 1 aromatic carbocycles. The molecule has 4 nitrogen and oxygen atoms in total. The van der Waals surface area contributed by atoms with Gasteiger partial charge in [-0.1, -0.05) is 12.8 Å². The van der Waals surface area contributed by atoms with Crippen molar-refractivity contribution in [2.45, 2.75) is 48.3 Å². The summed E-state index contributed by atoms with van der Waals surface area (Å²) < 4.78 is 0. The normalized spacial score (nSPS) is 23.8. The van der Waals surface area contributed by atoms with E-state index < -0.39 is 0 Å². The van der Waals surface area contributed by atoms with Crippen LogP contribution in [0.2, 0.25) is 0 Å². The molecule has 2 N–H and O–H groups in total. The first-order chi connectivity index (χ1) is 9.65. The van der Waals surface area contributed by atoms with Crippen molar-refractivity contribution >= 4 is 29.3 Å². The predicted molar refractivity (Wildman–Crippen MR) is 79.2 cm³/mol. The van der Waals surface area contributed by atoms with Crippen molar-refractivity contribution in [3.05, 3.63) is 24.3 Å². The van der Waals surface area contributed by atoms with E-state index in [4.69, 9.17) is 5.73 Å². The molecule has 0 spiro atoms. The fraction of sp³-hybridized carbons (Fsp3) is 0.467. The summed E-state index contributed by atoms with van der Waals surface area (Å²) >= 11 is 1.47. The molecular weight excluding hydrogens is 272 g/mol. The molecule has 1 aliphatic heterocycles. The number of anilines is 1. The quantitative estimate of drug-likeness (QED) is 0.686. The largest absolute Gasteiger partial charge is 0.399 e. The lowest BCUT2D eigenvalue weighted by Crippen LogP contribution is -2.39. The second kappa shape index (κ2) is 5.48. The van der Waals surface area contributed by atoms with Crippen molar-refractivity contribution in [1.82, 2.24) is 4.90 Å². The number of nitrogen functional groups attached to an aromatic ring is 1. The summed E-state index contributed by atoms with van der Waals surface area (Å²) in [6.45, 7) is 0. The number of imide groups is 1. The molecule has 106 valence electrons. The van der Waals surface area contributed by atoms with Crippen molar-refractivity contribution in [3.8, 4) is 0 Å². The van der Waals surface area contributed by atoms with E-state index in [-0.39, 0.29) is 23.1 Å². The molecule has 2 aliphatic rings. The first-order valence-electron chi connectivity index (χ1n) is 7.03. The van der Waals surface area contributed by atoms with E-state index in [1.165, 1.54) is 16.7 Å². The van der Waals surface area contributed by atoms with Gasteiger partial charge in [-0.15, -0.1) is 11.8 Å². The van der Waals surface area contributed by atoms with Crippen LogP contribution in [0.1, 0.15) is 32.1 Å². The number of thioether (sulfide) groups is 1. The molecule has 0 aromatic heterocycles. The summed E-state index contributed by atoms with van der Waals surface area (Å²) in [6.07, 6.45) is 4.51. The van der Waals surface area contributed by atoms with Crippen LogP contribution in [0.5, 0.6) is 0 Å². The highest BCUT2D eigenvalue weighted by Crippen LogP contribution is 2.35. The van der Waals surface area contributed by atoms with Crippen molar-refractivity contribution in [3.63, 3.8) is 0 Å². The SMILES string of the molecule is Nc1ccc(SC2CC(=O)N(C3CCCC3)C2=O)cc1. The Hall–Kier alpha value is -1.49. The lowest BCUT2D eigenvalue weighted by Gasteiger charge is -2.22. The van der Waals surface area contributed by atoms with Crippen LogP contribution in [0.25, 0.3) is 0 Å². The zero-order valence-electron chi connectivity index (χ0n) is 11.2. The molecule has 0 bridgehead atoms. The van der Waals surface area contributed by atoms with Gasteiger partial charge in [0.2, 0.25) is 11.8 Å². The number of hydrogen-bond acceptors (Lipinski definition) is 4. The third-order valence-electron chi connectivity index (χ3n) is 3.99. The molecule has 2 amide bonds. The van der Waals surface area contributed by atoms with Gasteiger partial charge >= 0.3 is 0 Å². The van der Waals surface area contributed by atoms with E-state index in [9.17, 15) is 9.59 Å². The van der Waals surface area contributed by atoms with Gasteiger partial charge in [0.15, 0.2) is 0 Å². The topological polar surface area (TPSA) is 63.4 Å². The van der Waals surface area contributed by atoms with Gasteiger partial charge in [-0.05, 0) is 37.1 Å². The highest BCUT2D eigenvalue weighted by Gasteiger charge is 2.43. The maximum Gasteiger partial charge on any atom is 0.243 e. The fourth-order valence-electron chi connectivity index (χ4n) is 2.97. The maximum absolute atomic E-state index is 12.4. The lowest BCUT2D eigenvalue weighted by molar-refractivity contribution is -0.140. The van der Waals surface area contributed by atoms with Crippen LogP contribution in [0.4, 0.5) is 5.69 Å². The van der Waals surface area contributed by atoms with Crippen molar-refractivity contribution in [1.29, 1.82) is 0 Å². The highest BCUT2D eigenvalue weighted by molar-refractivity contribution is 8.00. The minimum atomic E-state index is -0.272. The maximum atomic E-state index is 12.4. The van der Waals surface area contributed by atoms with E-state index in [0.29, 0.717) is 12.1 Å². The Morgan fingerprint density at radius 3 is 2.40 bits per heavy atom. The zero-order chi connectivity index (χ0) is 14.1. The van der Waals surface area contributed by atoms with E-state index in [2.05, 4.69) is 0 Å². The van der Waals surface area contributed by atoms with Crippen molar-refractivity contribution in [2.24, 2.45) is 0 Å². The van der Waals surface area contributed by atoms with Gasteiger partial charge in [0.1, 0.15) is 0 Å². The zero-order valence-corrected chi connectivity index (χ0v) is 12.1. The number of nitrogens with zero attached hydrogens (tertiary/aromatic N) is 1. The molecule has 0 radical (unpaired) electrons. The van der Waals surface area contributed by atoms with E-state index in [1.54, 1.807) is 0 Å². The first kappa shape index (κ1) is 13.5. The van der Waals surface area contributed by atoms with Gasteiger partial charge in [0.25, 0.3) is 0 Å². The minimum absolute atomic E-state index is 0.00477. The average molecular weight is 290 g/mol. The molecule has 1 atom stereocenters. The Labute approximate surface area is 122 Å². The molecule has 20 heavy (non-hydrogen) atoms. The summed E-state index contributed by atoms with van der Waals surface area (Å²) in [7, 11) is 0. The number of nitrogens with two attached hydrogens (primary N) is 1. The minimum Gasteiger partial charge on any atom is -0.399 e. The summed E-state index contributed by atoms with van der Waals surface area (Å²) in [5.41, 5.74) is 6.35. The Morgan fingerprint density at radius 1 is 1.10 bits per heavy atom. The third kappa shape index (κ3) is 2.54. The van der Waals surface area contributed by atoms with Gasteiger partial charge in [-0.2, -0.15) is 0 Å². The van der Waals surface area contributed by atoms with Crippen molar-refractivity contribution in [2.75, 3.05) is 5.73 Å². The van der Waals surface area contributed by atoms with Crippen LogP contribution in [0, 0.1) is 0 Å². The van der Waals surface area contributed by atoms with Crippen LogP contribution in [-0.4, -0.2) is 28.0 Å². The van der Waals surface area contributed by atoms with Crippen LogP contribution in [0.3, 0.4) is 0 Å². The van der Waals surface area contributed by atoms with Crippen LogP contribution in [0.15, 0.2) is 29.2 Å². The van der Waals surface area contributed by atoms with Crippen molar-refractivity contribution < 1.29 is 9.59 Å². The predicted octanol–water partition coefficient (Wildman–Crippen LogP) is 2.43. The number of amides is 2. The summed E-state index contributed by atoms with van der Waals surface area (Å²) in [5, 5.41) is -0.272. The van der Waals surface area contributed by atoms with Gasteiger partial charge in [-0.3, -0.25) is 14.5 Å². The highest BCUT2D eigenvalue weighted by atomic mass is 32.2. The standard InChI is InChI=1S/C15H18N2O2S/c16-10-5-7-12(8-6-10)20-13-9-14(18)17(15(13)19)11-3-1-2-4-11/h5-8,11,13H,1-4,9,16H2. The molecule has 1 aromatic rings. The number of carbonyl (C=O) groups excluding carboxylic acids is 2. The number of hydrogen-bond donors (Lipinski definition) is 1. The van der Waals surface area contributed by atoms with Crippen LogP contribution >= 0.6 is 11.8 Å². The summed E-state index contributed by atoms with van der Waals surface area (Å²) in [4.78, 5) is 27.0. The Morgan fingerprint density at radius 2 is 1.75 bits per heavy atom. The van der Waals surface area contributed by atoms with E-state index in [1.807, 2.05) is 24.3 Å². The molecule has 1 unspecified atom stereocenters. The molecular formula is C15H18N2O2S. The third-order valence-corrected chi connectivity index (χ3v) is 5.19. The Bertz CT molecular complexity index is 523. The summed E-state index contributed by atoms with van der Waals surface area (Å²) in [6, 6.07) is 7.58. The molecule has 1 saturated carbocycles. The monoisotopic (exact) mass is 290 g/mol. The fourth-order valence-corrected chi connectivity index (χ4v) is 4.03. The molecule has 2 fully saturated rings.